The summed E-state index contributed by atoms with van der Waals surface area (Å²) in [7, 11) is 4.62. The molecule has 6 rings (SSSR count). The van der Waals surface area contributed by atoms with Crippen LogP contribution in [-0.2, 0) is 49.4 Å². The first-order valence-corrected chi connectivity index (χ1v) is 29.9. The summed E-state index contributed by atoms with van der Waals surface area (Å²) in [6.45, 7) is 11.1. The number of alkyl halides is 1. The van der Waals surface area contributed by atoms with Gasteiger partial charge in [0.1, 0.15) is 34.7 Å². The lowest BCUT2D eigenvalue weighted by Crippen LogP contribution is -2.56. The van der Waals surface area contributed by atoms with Gasteiger partial charge in [-0.2, -0.15) is 0 Å². The van der Waals surface area contributed by atoms with Crippen molar-refractivity contribution in [1.82, 2.24) is 31.2 Å². The Morgan fingerprint density at radius 1 is 1.06 bits per heavy atom. The molecule has 24 nitrogen and oxygen atoms in total. The molecule has 2 aromatic carbocycles. The highest BCUT2D eigenvalue weighted by atomic mass is 79.9. The van der Waals surface area contributed by atoms with Gasteiger partial charge >= 0.3 is 24.1 Å². The largest absolute Gasteiger partial charge is 0.495 e. The highest BCUT2D eigenvalue weighted by Gasteiger charge is 2.45. The number of rotatable bonds is 21. The predicted molar refractivity (Wildman–Crippen MR) is 328 cm³/mol. The quantitative estimate of drug-likeness (QED) is 0.0173. The van der Waals surface area contributed by atoms with Gasteiger partial charge in [0.05, 0.1) is 54.9 Å². The molecule has 4 bridgehead atoms. The minimum absolute atomic E-state index is 0.0777. The van der Waals surface area contributed by atoms with Crippen LogP contribution in [0.15, 0.2) is 78.5 Å². The number of hydrogen-bond acceptors (Lipinski definition) is 15. The first kappa shape index (κ1) is 70.9. The third kappa shape index (κ3) is 22.7. The molecule has 2 saturated heterocycles. The number of nitrogens with two attached hydrogens (primary N) is 1. The molecule has 3 aliphatic heterocycles. The van der Waals surface area contributed by atoms with E-state index >= 15 is 0 Å². The SMILES string of the molecule is C=C(CBr)C(=O)OCCCCCC(=O)NCC(=O)NC(CCCNC(N)=O)C(=O)Nc1ccc(C(=O)N(C)[C@@H](C)C(=O)O)c2ncccc12.CCC.COc1cc2cc(c1Cl)N(C)C(=O)CCC1OC1CC1C[C@](O)(C/C=C/C=C(\C)C2)NC(=O)O1. The Kier molecular flexibility index (Phi) is 28.9. The number of carbonyl (C=O) groups excluding carboxylic acids is 8. The fourth-order valence-electron chi connectivity index (χ4n) is 8.97. The van der Waals surface area contributed by atoms with E-state index in [4.69, 9.17) is 36.3 Å². The average molecular weight is 1280 g/mol. The number of aliphatic carboxylic acids is 1. The molecule has 3 aromatic rings. The molecule has 470 valence electrons. The van der Waals surface area contributed by atoms with Crippen molar-refractivity contribution in [3.05, 3.63) is 94.7 Å². The number of aliphatic hydroxyl groups is 1. The molecule has 0 spiro atoms. The second kappa shape index (κ2) is 35.1. The van der Waals surface area contributed by atoms with E-state index in [9.17, 15) is 53.4 Å². The van der Waals surface area contributed by atoms with E-state index in [0.29, 0.717) is 77.7 Å². The minimum Gasteiger partial charge on any atom is -0.495 e. The second-order valence-electron chi connectivity index (χ2n) is 21.0. The number of carboxylic acids is 1. The van der Waals surface area contributed by atoms with Crippen LogP contribution in [0.2, 0.25) is 5.02 Å². The predicted octanol–water partition coefficient (Wildman–Crippen LogP) is 7.12. The van der Waals surface area contributed by atoms with Crippen molar-refractivity contribution < 1.29 is 72.3 Å². The normalized spacial score (nSPS) is 19.8. The summed E-state index contributed by atoms with van der Waals surface area (Å²) in [5.41, 5.74) is 7.32. The van der Waals surface area contributed by atoms with E-state index in [2.05, 4.69) is 67.9 Å². The number of likely N-dealkylation sites (N-methyl/N-ethyl adjacent to an activating group) is 1. The van der Waals surface area contributed by atoms with Gasteiger partial charge in [-0.1, -0.05) is 78.2 Å². The third-order valence-corrected chi connectivity index (χ3v) is 14.9. The minimum atomic E-state index is -1.37. The van der Waals surface area contributed by atoms with Crippen LogP contribution in [0.1, 0.15) is 121 Å². The lowest BCUT2D eigenvalue weighted by Gasteiger charge is -2.36. The number of epoxide rings is 1. The third-order valence-electron chi connectivity index (χ3n) is 13.8. The van der Waals surface area contributed by atoms with Gasteiger partial charge in [-0.05, 0) is 101 Å². The Morgan fingerprint density at radius 3 is 2.48 bits per heavy atom. The molecule has 4 unspecified atom stereocenters. The number of primary amides is 1. The smallest absolute Gasteiger partial charge is 0.409 e. The number of hydrogen-bond donors (Lipinski definition) is 8. The zero-order valence-corrected chi connectivity index (χ0v) is 52.1. The van der Waals surface area contributed by atoms with Gasteiger partial charge in [0.2, 0.25) is 23.6 Å². The van der Waals surface area contributed by atoms with Gasteiger partial charge in [0.15, 0.2) is 0 Å². The summed E-state index contributed by atoms with van der Waals surface area (Å²) >= 11 is 9.67. The number of fused-ring (bicyclic) bond motifs is 6. The summed E-state index contributed by atoms with van der Waals surface area (Å²) < 4.78 is 21.6. The number of anilines is 2. The lowest BCUT2D eigenvalue weighted by atomic mass is 9.96. The average Bonchev–Trinajstić information content (AvgIpc) is 3.29. The van der Waals surface area contributed by atoms with Crippen molar-refractivity contribution in [2.24, 2.45) is 5.73 Å². The number of methoxy groups -OCH3 is 1. The molecule has 4 heterocycles. The van der Waals surface area contributed by atoms with Gasteiger partial charge in [-0.3, -0.25) is 34.3 Å². The summed E-state index contributed by atoms with van der Waals surface area (Å²) in [4.78, 5) is 118. The van der Waals surface area contributed by atoms with Gasteiger partial charge in [0.25, 0.3) is 5.91 Å². The van der Waals surface area contributed by atoms with Gasteiger partial charge in [0, 0.05) is 75.2 Å². The number of nitrogens with one attached hydrogen (secondary N) is 5. The number of allylic oxidation sites excluding steroid dienone is 3. The number of pyridine rings is 1. The number of halogens is 2. The molecule has 0 saturated carbocycles. The number of urea groups is 1. The van der Waals surface area contributed by atoms with E-state index in [-0.39, 0.29) is 92.6 Å². The van der Waals surface area contributed by atoms with Crippen molar-refractivity contribution >= 4 is 103 Å². The summed E-state index contributed by atoms with van der Waals surface area (Å²) in [5.74, 6) is -3.42. The van der Waals surface area contributed by atoms with Crippen LogP contribution < -0.4 is 42.0 Å². The maximum absolute atomic E-state index is 13.4. The van der Waals surface area contributed by atoms with Crippen LogP contribution >= 0.6 is 27.5 Å². The molecule has 1 aromatic heterocycles. The Bertz CT molecular complexity index is 2980. The number of unbranched alkanes of at least 4 members (excludes halogenated alkanes) is 2. The second-order valence-corrected chi connectivity index (χ2v) is 21.9. The van der Waals surface area contributed by atoms with Crippen molar-refractivity contribution in [3.63, 3.8) is 0 Å². The number of carbonyl (C=O) groups is 9. The number of alkyl carbamates (subject to hydrolysis) is 1. The Balaban J connectivity index is 0.000000371. The summed E-state index contributed by atoms with van der Waals surface area (Å²) in [6, 6.07) is 6.99. The molecular weight excluding hydrogens is 1200 g/mol. The van der Waals surface area contributed by atoms with Gasteiger partial charge in [-0.15, -0.1) is 0 Å². The molecule has 86 heavy (non-hydrogen) atoms. The molecular formula is C60H81BrClN9O15. The standard InChI is InChI=1S/C32H42BrN7O9.C25H31ClN2O6.C3H8/c1-19(17-33)31(47)49-16-6-4-5-11-25(41)37-18-26(42)38-24(10-8-15-36-32(34)48)28(43)39-23-13-12-22(27-21(23)9-7-14-35-27)29(44)40(3)20(2)30(45)46;1-15-6-4-5-9-25(31)14-17(33-24(30)27-25)13-20-19(34-20)7-8-22(29)28(2)18-11-16(10-15)12-21(32-3)23(18)26;1-3-2/h7,9,12-14,20,24H,1,4-6,8,10-11,15-18H2,2-3H3,(H,37,41)(H,38,42)(H,39,43)(H,45,46)(H3,34,36,48);4-6,11-12,17,19-20,31H,7-10,13-14H2,1-3H3,(H,27,30);3H2,1-2H3/b;5-4+,15-6+;/t20-,24?;17?,19?,20?,25-;/m01./s1. The number of ether oxygens (including phenoxy) is 4. The number of aromatic nitrogens is 1. The van der Waals surface area contributed by atoms with Crippen LogP contribution in [0.4, 0.5) is 21.0 Å². The topological polar surface area (TPSA) is 340 Å². The van der Waals surface area contributed by atoms with Crippen LogP contribution in [0.5, 0.6) is 5.75 Å². The number of benzene rings is 2. The highest BCUT2D eigenvalue weighted by Crippen LogP contribution is 2.38. The first-order valence-electron chi connectivity index (χ1n) is 28.4. The maximum Gasteiger partial charge on any atom is 0.409 e. The summed E-state index contributed by atoms with van der Waals surface area (Å²) in [6.07, 6.45) is 11.8. The number of carboxylic acid groups (broad SMARTS) is 1. The molecule has 6 atom stereocenters. The number of esters is 1. The fraction of sp³-hybridized carbons (Fsp3) is 0.500. The Morgan fingerprint density at radius 2 is 1.79 bits per heavy atom. The van der Waals surface area contributed by atoms with E-state index in [1.54, 1.807) is 31.2 Å². The van der Waals surface area contributed by atoms with Crippen LogP contribution in [-0.4, -0.2) is 156 Å². The molecule has 9 N–H and O–H groups in total. The van der Waals surface area contributed by atoms with Crippen molar-refractivity contribution in [3.8, 4) is 5.75 Å². The zero-order valence-electron chi connectivity index (χ0n) is 49.8. The molecule has 3 aliphatic rings. The van der Waals surface area contributed by atoms with Crippen LogP contribution in [0.3, 0.4) is 0 Å². The number of amides is 8. The molecule has 2 fully saturated rings. The molecule has 8 amide bonds. The summed E-state index contributed by atoms with van der Waals surface area (Å²) in [5, 5.41) is 34.2. The van der Waals surface area contributed by atoms with Crippen LogP contribution in [0, 0.1) is 0 Å². The van der Waals surface area contributed by atoms with Crippen molar-refractivity contribution in [2.45, 2.75) is 147 Å². The Labute approximate surface area is 514 Å². The molecule has 26 heteroatoms. The monoisotopic (exact) mass is 1280 g/mol. The zero-order chi connectivity index (χ0) is 63.7. The highest BCUT2D eigenvalue weighted by molar-refractivity contribution is 9.09. The Hall–Kier alpha value is -7.61. The maximum atomic E-state index is 13.4. The fourth-order valence-corrected chi connectivity index (χ4v) is 9.52. The van der Waals surface area contributed by atoms with E-state index < -0.39 is 65.7 Å². The van der Waals surface area contributed by atoms with Crippen molar-refractivity contribution in [2.75, 3.05) is 56.4 Å². The van der Waals surface area contributed by atoms with E-state index in [0.717, 1.165) is 16.0 Å². The van der Waals surface area contributed by atoms with Gasteiger partial charge in [-0.25, -0.2) is 19.2 Å². The van der Waals surface area contributed by atoms with E-state index in [1.807, 2.05) is 37.3 Å². The first-order chi connectivity index (χ1) is 40.8. The number of nitrogens with zero attached hydrogens (tertiary/aromatic N) is 3. The van der Waals surface area contributed by atoms with Gasteiger partial charge < -0.3 is 66.0 Å². The van der Waals surface area contributed by atoms with E-state index in [1.165, 1.54) is 38.7 Å². The van der Waals surface area contributed by atoms with Crippen molar-refractivity contribution in [1.29, 1.82) is 0 Å². The molecule has 0 aliphatic carbocycles. The van der Waals surface area contributed by atoms with Crippen LogP contribution in [0.25, 0.3) is 10.9 Å². The molecule has 0 radical (unpaired) electrons. The lowest BCUT2D eigenvalue weighted by molar-refractivity contribution is -0.141.